The Labute approximate surface area is 127 Å². The third kappa shape index (κ3) is 2.32. The van der Waals surface area contributed by atoms with Crippen LogP contribution in [0.4, 0.5) is 5.69 Å². The van der Waals surface area contributed by atoms with E-state index in [2.05, 4.69) is 4.98 Å². The van der Waals surface area contributed by atoms with Crippen LogP contribution in [0.1, 0.15) is 5.56 Å². The van der Waals surface area contributed by atoms with Crippen molar-refractivity contribution in [3.63, 3.8) is 0 Å². The van der Waals surface area contributed by atoms with Crippen LogP contribution in [0.2, 0.25) is 0 Å². The highest BCUT2D eigenvalue weighted by molar-refractivity contribution is 7.98. The third-order valence-electron chi connectivity index (χ3n) is 3.22. The predicted octanol–water partition coefficient (Wildman–Crippen LogP) is 2.08. The molecular weight excluding hydrogens is 308 g/mol. The normalized spacial score (nSPS) is 16.6. The number of fused-ring (bicyclic) bond motifs is 1. The summed E-state index contributed by atoms with van der Waals surface area (Å²) >= 11 is 1.45. The molecule has 0 spiro atoms. The van der Waals surface area contributed by atoms with E-state index in [0.717, 1.165) is 9.33 Å². The van der Waals surface area contributed by atoms with E-state index < -0.39 is 15.9 Å². The van der Waals surface area contributed by atoms with Gasteiger partial charge in [-0.1, -0.05) is 18.2 Å². The Morgan fingerprint density at radius 3 is 2.62 bits per heavy atom. The first-order chi connectivity index (χ1) is 10.0. The maximum absolute atomic E-state index is 12.6. The molecule has 0 unspecified atom stereocenters. The molecule has 2 aromatic rings. The number of nitrogens with zero attached hydrogens (tertiary/aromatic N) is 2. The first-order valence-corrected chi connectivity index (χ1v) is 8.86. The van der Waals surface area contributed by atoms with E-state index in [1.165, 1.54) is 24.0 Å². The van der Waals surface area contributed by atoms with Gasteiger partial charge >= 0.3 is 0 Å². The van der Waals surface area contributed by atoms with Gasteiger partial charge in [-0.25, -0.2) is 17.7 Å². The van der Waals surface area contributed by atoms with Crippen LogP contribution in [0, 0.1) is 0 Å². The van der Waals surface area contributed by atoms with Gasteiger partial charge in [0.2, 0.25) is 5.91 Å². The lowest BCUT2D eigenvalue weighted by molar-refractivity contribution is -0.117. The molecule has 1 amide bonds. The number of rotatable bonds is 2. The fourth-order valence-electron chi connectivity index (χ4n) is 2.26. The van der Waals surface area contributed by atoms with Crippen LogP contribution in [0.15, 0.2) is 52.5 Å². The fraction of sp³-hybridized carbons (Fsp3) is 0.143. The smallest absolute Gasteiger partial charge is 0.271 e. The molecule has 0 saturated carbocycles. The van der Waals surface area contributed by atoms with Gasteiger partial charge in [0.15, 0.2) is 0 Å². The van der Waals surface area contributed by atoms with E-state index in [9.17, 15) is 13.2 Å². The van der Waals surface area contributed by atoms with Gasteiger partial charge in [-0.3, -0.25) is 4.79 Å². The molecule has 0 N–H and O–H groups in total. The molecule has 1 aliphatic heterocycles. The van der Waals surface area contributed by atoms with Gasteiger partial charge in [0, 0.05) is 0 Å². The van der Waals surface area contributed by atoms with Crippen LogP contribution in [0.25, 0.3) is 0 Å². The van der Waals surface area contributed by atoms with Crippen LogP contribution in [0.5, 0.6) is 0 Å². The topological polar surface area (TPSA) is 67.3 Å². The third-order valence-corrected chi connectivity index (χ3v) is 5.73. The first kappa shape index (κ1) is 14.1. The lowest BCUT2D eigenvalue weighted by Crippen LogP contribution is -2.42. The first-order valence-electron chi connectivity index (χ1n) is 6.20. The van der Waals surface area contributed by atoms with Gasteiger partial charge in [0.25, 0.3) is 10.0 Å². The average molecular weight is 320 g/mol. The molecule has 3 rings (SSSR count). The molecule has 7 heteroatoms. The largest absolute Gasteiger partial charge is 0.273 e. The van der Waals surface area contributed by atoms with Gasteiger partial charge in [-0.05, 0) is 30.0 Å². The molecule has 2 heterocycles. The Balaban J connectivity index is 2.12. The summed E-state index contributed by atoms with van der Waals surface area (Å²) in [4.78, 5) is 16.6. The Morgan fingerprint density at radius 2 is 1.95 bits per heavy atom. The van der Waals surface area contributed by atoms with Crippen LogP contribution in [-0.4, -0.2) is 25.6 Å². The van der Waals surface area contributed by atoms with Gasteiger partial charge < -0.3 is 0 Å². The van der Waals surface area contributed by atoms with Gasteiger partial charge in [-0.15, -0.1) is 11.8 Å². The van der Waals surface area contributed by atoms with Crippen molar-refractivity contribution in [1.82, 2.24) is 4.98 Å². The van der Waals surface area contributed by atoms with Crippen LogP contribution >= 0.6 is 11.8 Å². The Bertz CT molecular complexity index is 801. The van der Waals surface area contributed by atoms with Crippen molar-refractivity contribution in [3.8, 4) is 0 Å². The maximum Gasteiger partial charge on any atom is 0.271 e. The van der Waals surface area contributed by atoms with E-state index in [-0.39, 0.29) is 17.0 Å². The zero-order valence-corrected chi connectivity index (χ0v) is 12.8. The minimum atomic E-state index is -3.87. The lowest BCUT2D eigenvalue weighted by atomic mass is 10.1. The van der Waals surface area contributed by atoms with Crippen molar-refractivity contribution in [1.29, 1.82) is 0 Å². The van der Waals surface area contributed by atoms with E-state index in [4.69, 9.17) is 0 Å². The number of carbonyl (C=O) groups is 1. The number of amides is 1. The molecule has 0 atom stereocenters. The standard InChI is InChI=1S/C14H12N2O3S2/c1-20-13-7-6-11(9-15-13)16-14(17)8-10-4-2-3-5-12(10)21(16,18)19/h2-7,9H,8H2,1H3. The number of hydrogen-bond acceptors (Lipinski definition) is 5. The second kappa shape index (κ2) is 5.16. The molecule has 0 saturated heterocycles. The predicted molar refractivity (Wildman–Crippen MR) is 80.8 cm³/mol. The van der Waals surface area contributed by atoms with E-state index in [1.807, 2.05) is 6.26 Å². The number of sulfonamides is 1. The van der Waals surface area contributed by atoms with Crippen molar-refractivity contribution >= 4 is 33.4 Å². The number of pyridine rings is 1. The Hall–Kier alpha value is -1.86. The lowest BCUT2D eigenvalue weighted by Gasteiger charge is -2.27. The van der Waals surface area contributed by atoms with E-state index >= 15 is 0 Å². The summed E-state index contributed by atoms with van der Waals surface area (Å²) in [6.45, 7) is 0. The molecular formula is C14H12N2O3S2. The molecule has 0 radical (unpaired) electrons. The number of thioether (sulfide) groups is 1. The fourth-order valence-corrected chi connectivity index (χ4v) is 4.26. The van der Waals surface area contributed by atoms with Crippen molar-refractivity contribution in [2.24, 2.45) is 0 Å². The number of benzene rings is 1. The van der Waals surface area contributed by atoms with Crippen LogP contribution < -0.4 is 4.31 Å². The molecule has 5 nitrogen and oxygen atoms in total. The highest BCUT2D eigenvalue weighted by Gasteiger charge is 2.37. The molecule has 0 bridgehead atoms. The summed E-state index contributed by atoms with van der Waals surface area (Å²) in [5.74, 6) is -0.465. The van der Waals surface area contributed by atoms with Crippen molar-refractivity contribution in [3.05, 3.63) is 48.2 Å². The van der Waals surface area contributed by atoms with Gasteiger partial charge in [0.05, 0.1) is 28.2 Å². The summed E-state index contributed by atoms with van der Waals surface area (Å²) in [6.07, 6.45) is 3.36. The average Bonchev–Trinajstić information content (AvgIpc) is 2.47. The Morgan fingerprint density at radius 1 is 1.19 bits per heavy atom. The summed E-state index contributed by atoms with van der Waals surface area (Å²) in [5, 5.41) is 0.765. The number of aromatic nitrogens is 1. The second-order valence-electron chi connectivity index (χ2n) is 4.51. The van der Waals surface area contributed by atoms with Crippen LogP contribution in [0.3, 0.4) is 0 Å². The van der Waals surface area contributed by atoms with Crippen molar-refractivity contribution < 1.29 is 13.2 Å². The molecule has 1 aromatic carbocycles. The highest BCUT2D eigenvalue weighted by Crippen LogP contribution is 2.31. The summed E-state index contributed by atoms with van der Waals surface area (Å²) in [6, 6.07) is 9.86. The Kier molecular flexibility index (Phi) is 3.46. The number of hydrogen-bond donors (Lipinski definition) is 0. The SMILES string of the molecule is CSc1ccc(N2C(=O)Cc3ccccc3S2(=O)=O)cn1. The monoisotopic (exact) mass is 320 g/mol. The minimum absolute atomic E-state index is 0.0691. The van der Waals surface area contributed by atoms with E-state index in [1.54, 1.807) is 30.3 Å². The molecule has 1 aliphatic rings. The van der Waals surface area contributed by atoms with Gasteiger partial charge in [-0.2, -0.15) is 0 Å². The number of anilines is 1. The van der Waals surface area contributed by atoms with Crippen molar-refractivity contribution in [2.45, 2.75) is 16.3 Å². The zero-order valence-electron chi connectivity index (χ0n) is 11.2. The summed E-state index contributed by atoms with van der Waals surface area (Å²) < 4.78 is 26.1. The summed E-state index contributed by atoms with van der Waals surface area (Å²) in [7, 11) is -3.87. The molecule has 21 heavy (non-hydrogen) atoms. The molecule has 108 valence electrons. The molecule has 0 fully saturated rings. The maximum atomic E-state index is 12.6. The van der Waals surface area contributed by atoms with Gasteiger partial charge in [0.1, 0.15) is 0 Å². The second-order valence-corrected chi connectivity index (χ2v) is 7.09. The van der Waals surface area contributed by atoms with E-state index in [0.29, 0.717) is 5.56 Å². The number of carbonyl (C=O) groups excluding carboxylic acids is 1. The minimum Gasteiger partial charge on any atom is -0.273 e. The summed E-state index contributed by atoms with van der Waals surface area (Å²) in [5.41, 5.74) is 0.805. The molecule has 0 aliphatic carbocycles. The zero-order chi connectivity index (χ0) is 15.0. The van der Waals surface area contributed by atoms with Crippen molar-refractivity contribution in [2.75, 3.05) is 10.6 Å². The van der Waals surface area contributed by atoms with Crippen LogP contribution in [-0.2, 0) is 21.2 Å². The quantitative estimate of drug-likeness (QED) is 0.793. The highest BCUT2D eigenvalue weighted by atomic mass is 32.2. The molecule has 1 aromatic heterocycles.